The molecule has 0 aliphatic carbocycles. The van der Waals surface area contributed by atoms with E-state index in [2.05, 4.69) is 14.9 Å². The Morgan fingerprint density at radius 2 is 1.88 bits per heavy atom. The number of rotatable bonds is 4. The fraction of sp³-hybridized carbons (Fsp3) is 0.600. The third-order valence-corrected chi connectivity index (χ3v) is 2.49. The summed E-state index contributed by atoms with van der Waals surface area (Å²) in [7, 11) is 0. The van der Waals surface area contributed by atoms with Crippen molar-refractivity contribution in [1.82, 2.24) is 14.9 Å². The first kappa shape index (κ1) is 11.9. The van der Waals surface area contributed by atoms with E-state index in [0.29, 0.717) is 18.2 Å². The zero-order valence-electron chi connectivity index (χ0n) is 9.63. The number of aromatic nitrogens is 2. The highest BCUT2D eigenvalue weighted by atomic mass is 16.5. The number of nitrogens with two attached hydrogens (primary N) is 2. The van der Waals surface area contributed by atoms with E-state index in [-0.39, 0.29) is 6.01 Å². The highest BCUT2D eigenvalue weighted by Gasteiger charge is 2.10. The molecule has 0 unspecified atom stereocenters. The molecule has 7 heteroatoms. The Morgan fingerprint density at radius 1 is 1.24 bits per heavy atom. The molecule has 1 aliphatic heterocycles. The molecule has 0 aromatic carbocycles. The first-order chi connectivity index (χ1) is 8.24. The van der Waals surface area contributed by atoms with Gasteiger partial charge in [-0.3, -0.25) is 4.90 Å². The van der Waals surface area contributed by atoms with Crippen LogP contribution in [0.1, 0.15) is 0 Å². The van der Waals surface area contributed by atoms with E-state index in [1.165, 1.54) is 6.07 Å². The van der Waals surface area contributed by atoms with Crippen LogP contribution in [0.3, 0.4) is 0 Å². The minimum Gasteiger partial charge on any atom is -0.462 e. The largest absolute Gasteiger partial charge is 0.462 e. The molecule has 1 saturated heterocycles. The summed E-state index contributed by atoms with van der Waals surface area (Å²) in [6.07, 6.45) is 0. The summed E-state index contributed by atoms with van der Waals surface area (Å²) < 4.78 is 10.7. The number of morpholine rings is 1. The maximum Gasteiger partial charge on any atom is 0.320 e. The Kier molecular flexibility index (Phi) is 3.94. The van der Waals surface area contributed by atoms with Gasteiger partial charge in [0.25, 0.3) is 0 Å². The fourth-order valence-electron chi connectivity index (χ4n) is 1.62. The van der Waals surface area contributed by atoms with E-state index in [4.69, 9.17) is 20.9 Å². The lowest BCUT2D eigenvalue weighted by atomic mass is 10.4. The lowest BCUT2D eigenvalue weighted by Crippen LogP contribution is -2.38. The molecule has 0 atom stereocenters. The molecule has 94 valence electrons. The molecular formula is C10H17N5O2. The SMILES string of the molecule is Nc1cc(N)nc(OCCN2CCOCC2)n1. The van der Waals surface area contributed by atoms with Gasteiger partial charge in [-0.05, 0) is 0 Å². The molecule has 17 heavy (non-hydrogen) atoms. The second-order valence-electron chi connectivity index (χ2n) is 3.80. The van der Waals surface area contributed by atoms with Gasteiger partial charge in [0.15, 0.2) is 0 Å². The number of nitrogens with zero attached hydrogens (tertiary/aromatic N) is 3. The Bertz CT molecular complexity index is 347. The minimum atomic E-state index is 0.232. The summed E-state index contributed by atoms with van der Waals surface area (Å²) in [6.45, 7) is 4.76. The van der Waals surface area contributed by atoms with Crippen molar-refractivity contribution in [2.75, 3.05) is 50.9 Å². The van der Waals surface area contributed by atoms with Crippen LogP contribution in [-0.2, 0) is 4.74 Å². The molecule has 7 nitrogen and oxygen atoms in total. The molecule has 1 aliphatic rings. The van der Waals surface area contributed by atoms with Crippen LogP contribution in [0.25, 0.3) is 0 Å². The first-order valence-corrected chi connectivity index (χ1v) is 5.57. The smallest absolute Gasteiger partial charge is 0.320 e. The summed E-state index contributed by atoms with van der Waals surface area (Å²) in [5.74, 6) is 0.637. The lowest BCUT2D eigenvalue weighted by Gasteiger charge is -2.26. The van der Waals surface area contributed by atoms with Crippen molar-refractivity contribution in [3.8, 4) is 6.01 Å². The van der Waals surface area contributed by atoms with Crippen molar-refractivity contribution >= 4 is 11.6 Å². The molecule has 0 radical (unpaired) electrons. The highest BCUT2D eigenvalue weighted by molar-refractivity contribution is 5.41. The Balaban J connectivity index is 1.77. The van der Waals surface area contributed by atoms with Crippen LogP contribution in [0, 0.1) is 0 Å². The molecule has 1 aromatic rings. The second kappa shape index (κ2) is 5.65. The monoisotopic (exact) mass is 239 g/mol. The number of anilines is 2. The van der Waals surface area contributed by atoms with Crippen LogP contribution in [0.4, 0.5) is 11.6 Å². The Hall–Kier alpha value is -1.60. The topological polar surface area (TPSA) is 99.5 Å². The van der Waals surface area contributed by atoms with Gasteiger partial charge in [0.1, 0.15) is 18.2 Å². The number of ether oxygens (including phenoxy) is 2. The van der Waals surface area contributed by atoms with E-state index >= 15 is 0 Å². The minimum absolute atomic E-state index is 0.232. The van der Waals surface area contributed by atoms with E-state index < -0.39 is 0 Å². The zero-order valence-corrected chi connectivity index (χ0v) is 9.63. The van der Waals surface area contributed by atoms with Crippen LogP contribution in [-0.4, -0.2) is 54.3 Å². The standard InChI is InChI=1S/C10H17N5O2/c11-8-7-9(12)14-10(13-8)17-6-3-15-1-4-16-5-2-15/h7H,1-6H2,(H4,11,12,13,14). The molecule has 0 amide bonds. The molecule has 2 heterocycles. The first-order valence-electron chi connectivity index (χ1n) is 5.57. The number of hydrogen-bond donors (Lipinski definition) is 2. The quantitative estimate of drug-likeness (QED) is 0.720. The van der Waals surface area contributed by atoms with E-state index in [9.17, 15) is 0 Å². The van der Waals surface area contributed by atoms with Gasteiger partial charge in [-0.15, -0.1) is 0 Å². The molecule has 0 bridgehead atoms. The van der Waals surface area contributed by atoms with Crippen LogP contribution >= 0.6 is 0 Å². The van der Waals surface area contributed by atoms with E-state index in [1.807, 2.05) is 0 Å². The third kappa shape index (κ3) is 3.72. The molecule has 1 fully saturated rings. The average molecular weight is 239 g/mol. The molecule has 2 rings (SSSR count). The summed E-state index contributed by atoms with van der Waals surface area (Å²) in [5.41, 5.74) is 11.1. The summed E-state index contributed by atoms with van der Waals surface area (Å²) in [5, 5.41) is 0. The molecule has 0 saturated carbocycles. The van der Waals surface area contributed by atoms with Crippen LogP contribution in [0.15, 0.2) is 6.07 Å². The van der Waals surface area contributed by atoms with Gasteiger partial charge in [0, 0.05) is 25.7 Å². The van der Waals surface area contributed by atoms with Crippen molar-refractivity contribution in [3.63, 3.8) is 0 Å². The predicted octanol–water partition coefficient (Wildman–Crippen LogP) is -0.648. The fourth-order valence-corrected chi connectivity index (χ4v) is 1.62. The van der Waals surface area contributed by atoms with Crippen LogP contribution in [0.5, 0.6) is 6.01 Å². The summed E-state index contributed by atoms with van der Waals surface area (Å²) >= 11 is 0. The van der Waals surface area contributed by atoms with Gasteiger partial charge >= 0.3 is 6.01 Å². The average Bonchev–Trinajstić information content (AvgIpc) is 2.29. The van der Waals surface area contributed by atoms with Crippen LogP contribution in [0.2, 0.25) is 0 Å². The summed E-state index contributed by atoms with van der Waals surface area (Å²) in [6, 6.07) is 1.73. The molecule has 1 aromatic heterocycles. The normalized spacial score (nSPS) is 16.9. The predicted molar refractivity (Wildman–Crippen MR) is 63.6 cm³/mol. The highest BCUT2D eigenvalue weighted by Crippen LogP contribution is 2.10. The van der Waals surface area contributed by atoms with Crippen molar-refractivity contribution < 1.29 is 9.47 Å². The lowest BCUT2D eigenvalue weighted by molar-refractivity contribution is 0.0317. The van der Waals surface area contributed by atoms with Gasteiger partial charge in [0.05, 0.1) is 13.2 Å². The van der Waals surface area contributed by atoms with E-state index in [0.717, 1.165) is 32.8 Å². The maximum atomic E-state index is 5.54. The van der Waals surface area contributed by atoms with Gasteiger partial charge in [-0.25, -0.2) is 0 Å². The summed E-state index contributed by atoms with van der Waals surface area (Å²) in [4.78, 5) is 10.1. The number of nitrogen functional groups attached to an aromatic ring is 2. The van der Waals surface area contributed by atoms with Crippen molar-refractivity contribution in [3.05, 3.63) is 6.07 Å². The van der Waals surface area contributed by atoms with Gasteiger partial charge in [-0.1, -0.05) is 0 Å². The molecule has 4 N–H and O–H groups in total. The van der Waals surface area contributed by atoms with E-state index in [1.54, 1.807) is 0 Å². The van der Waals surface area contributed by atoms with Gasteiger partial charge in [0.2, 0.25) is 0 Å². The van der Waals surface area contributed by atoms with Gasteiger partial charge < -0.3 is 20.9 Å². The second-order valence-corrected chi connectivity index (χ2v) is 3.80. The third-order valence-electron chi connectivity index (χ3n) is 2.49. The zero-order chi connectivity index (χ0) is 12.1. The van der Waals surface area contributed by atoms with Crippen molar-refractivity contribution in [2.45, 2.75) is 0 Å². The van der Waals surface area contributed by atoms with Crippen molar-refractivity contribution in [1.29, 1.82) is 0 Å². The van der Waals surface area contributed by atoms with Crippen molar-refractivity contribution in [2.24, 2.45) is 0 Å². The number of hydrogen-bond acceptors (Lipinski definition) is 7. The van der Waals surface area contributed by atoms with Gasteiger partial charge in [-0.2, -0.15) is 9.97 Å². The maximum absolute atomic E-state index is 5.54. The van der Waals surface area contributed by atoms with Crippen LogP contribution < -0.4 is 16.2 Å². The Morgan fingerprint density at radius 3 is 2.53 bits per heavy atom. The molecule has 0 spiro atoms. The Labute approximate surface area is 99.7 Å². The molecular weight excluding hydrogens is 222 g/mol.